The molecule has 0 saturated carbocycles. The van der Waals surface area contributed by atoms with Crippen LogP contribution in [0.4, 0.5) is 5.69 Å². The van der Waals surface area contributed by atoms with Crippen LogP contribution in [-0.4, -0.2) is 37.6 Å². The van der Waals surface area contributed by atoms with E-state index in [0.717, 1.165) is 11.3 Å². The average Bonchev–Trinajstić information content (AvgIpc) is 2.61. The Kier molecular flexibility index (Phi) is 5.36. The van der Waals surface area contributed by atoms with Gasteiger partial charge in [-0.2, -0.15) is 0 Å². The van der Waals surface area contributed by atoms with Gasteiger partial charge in [-0.25, -0.2) is 0 Å². The van der Waals surface area contributed by atoms with Gasteiger partial charge in [-0.15, -0.1) is 0 Å². The Hall–Kier alpha value is -2.37. The zero-order chi connectivity index (χ0) is 17.8. The second-order valence-electron chi connectivity index (χ2n) is 5.94. The Labute approximate surface area is 151 Å². The molecule has 3 rings (SSSR count). The van der Waals surface area contributed by atoms with Crippen LogP contribution in [0.15, 0.2) is 48.5 Å². The third-order valence-corrected chi connectivity index (χ3v) is 4.36. The number of anilines is 1. The summed E-state index contributed by atoms with van der Waals surface area (Å²) in [5.74, 6) is -0.267. The molecule has 1 fully saturated rings. The maximum atomic E-state index is 12.3. The van der Waals surface area contributed by atoms with E-state index in [1.165, 1.54) is 0 Å². The number of rotatable bonds is 4. The van der Waals surface area contributed by atoms with Crippen molar-refractivity contribution in [2.75, 3.05) is 24.6 Å². The molecule has 2 amide bonds. The highest BCUT2D eigenvalue weighted by molar-refractivity contribution is 6.30. The zero-order valence-electron chi connectivity index (χ0n) is 13.9. The van der Waals surface area contributed by atoms with E-state index in [9.17, 15) is 9.59 Å². The van der Waals surface area contributed by atoms with Crippen LogP contribution in [0, 0.1) is 6.92 Å². The summed E-state index contributed by atoms with van der Waals surface area (Å²) in [6.45, 7) is 2.58. The first-order valence-electron chi connectivity index (χ1n) is 8.06. The van der Waals surface area contributed by atoms with Crippen LogP contribution in [0.25, 0.3) is 0 Å². The van der Waals surface area contributed by atoms with Crippen LogP contribution in [0.5, 0.6) is 0 Å². The van der Waals surface area contributed by atoms with Gasteiger partial charge < -0.3 is 15.0 Å². The number of ether oxygens (including phenoxy) is 1. The molecular formula is C19H19ClN2O3. The van der Waals surface area contributed by atoms with Crippen LogP contribution in [0.1, 0.15) is 15.9 Å². The second-order valence-corrected chi connectivity index (χ2v) is 6.38. The number of morpholine rings is 1. The Morgan fingerprint density at radius 2 is 2.08 bits per heavy atom. The molecule has 1 heterocycles. The SMILES string of the molecule is Cc1ccccc1C(=O)NCC1CN(c2cccc(Cl)c2)C(=O)CO1. The fraction of sp³-hybridized carbons (Fsp3) is 0.263. The van der Waals surface area contributed by atoms with Crippen LogP contribution >= 0.6 is 11.6 Å². The number of halogens is 1. The number of nitrogens with one attached hydrogen (secondary N) is 1. The summed E-state index contributed by atoms with van der Waals surface area (Å²) in [6, 6.07) is 14.5. The number of aryl methyl sites for hydroxylation is 1. The molecule has 1 unspecified atom stereocenters. The minimum absolute atomic E-state index is 0.0165. The van der Waals surface area contributed by atoms with Gasteiger partial charge in [0.1, 0.15) is 6.61 Å². The Morgan fingerprint density at radius 1 is 1.28 bits per heavy atom. The quantitative estimate of drug-likeness (QED) is 0.914. The van der Waals surface area contributed by atoms with Gasteiger partial charge in [-0.3, -0.25) is 9.59 Å². The standard InChI is InChI=1S/C19H19ClN2O3/c1-13-5-2-3-8-17(13)19(24)21-10-16-11-22(18(23)12-25-16)15-7-4-6-14(20)9-15/h2-9,16H,10-12H2,1H3,(H,21,24). The first-order valence-corrected chi connectivity index (χ1v) is 8.44. The maximum Gasteiger partial charge on any atom is 0.253 e. The third-order valence-electron chi connectivity index (χ3n) is 4.13. The van der Waals surface area contributed by atoms with Crippen LogP contribution in [-0.2, 0) is 9.53 Å². The Balaban J connectivity index is 1.63. The largest absolute Gasteiger partial charge is 0.365 e. The number of carbonyl (C=O) groups excluding carboxylic acids is 2. The van der Waals surface area contributed by atoms with Crippen molar-refractivity contribution >= 4 is 29.1 Å². The number of hydrogen-bond acceptors (Lipinski definition) is 3. The van der Waals surface area contributed by atoms with Crippen molar-refractivity contribution in [3.63, 3.8) is 0 Å². The Morgan fingerprint density at radius 3 is 2.84 bits per heavy atom. The van der Waals surface area contributed by atoms with Crippen molar-refractivity contribution in [1.82, 2.24) is 5.32 Å². The average molecular weight is 359 g/mol. The summed E-state index contributed by atoms with van der Waals surface area (Å²) >= 11 is 6.01. The smallest absolute Gasteiger partial charge is 0.253 e. The van der Waals surface area contributed by atoms with Crippen LogP contribution in [0.2, 0.25) is 5.02 Å². The van der Waals surface area contributed by atoms with E-state index in [2.05, 4.69) is 5.32 Å². The summed E-state index contributed by atoms with van der Waals surface area (Å²) in [5, 5.41) is 3.45. The van der Waals surface area contributed by atoms with Crippen molar-refractivity contribution in [3.05, 3.63) is 64.7 Å². The molecule has 1 aliphatic heterocycles. The van der Waals surface area contributed by atoms with Crippen LogP contribution in [0.3, 0.4) is 0 Å². The van der Waals surface area contributed by atoms with Gasteiger partial charge in [-0.1, -0.05) is 35.9 Å². The maximum absolute atomic E-state index is 12.3. The van der Waals surface area contributed by atoms with E-state index in [4.69, 9.17) is 16.3 Å². The predicted octanol–water partition coefficient (Wildman–Crippen LogP) is 2.81. The van der Waals surface area contributed by atoms with Crippen molar-refractivity contribution < 1.29 is 14.3 Å². The molecule has 1 N–H and O–H groups in total. The van der Waals surface area contributed by atoms with Gasteiger partial charge in [0.05, 0.1) is 12.6 Å². The molecule has 1 saturated heterocycles. The van der Waals surface area contributed by atoms with Gasteiger partial charge in [0.15, 0.2) is 0 Å². The molecule has 0 spiro atoms. The second kappa shape index (κ2) is 7.68. The molecule has 0 radical (unpaired) electrons. The molecule has 5 nitrogen and oxygen atoms in total. The molecule has 6 heteroatoms. The summed E-state index contributed by atoms with van der Waals surface area (Å²) in [7, 11) is 0. The fourth-order valence-corrected chi connectivity index (χ4v) is 2.96. The molecule has 130 valence electrons. The topological polar surface area (TPSA) is 58.6 Å². The highest BCUT2D eigenvalue weighted by Crippen LogP contribution is 2.22. The van der Waals surface area contributed by atoms with Crippen molar-refractivity contribution in [2.24, 2.45) is 0 Å². The van der Waals surface area contributed by atoms with Crippen molar-refractivity contribution in [1.29, 1.82) is 0 Å². The number of hydrogen-bond donors (Lipinski definition) is 1. The van der Waals surface area contributed by atoms with E-state index < -0.39 is 0 Å². The molecule has 0 aliphatic carbocycles. The van der Waals surface area contributed by atoms with E-state index in [0.29, 0.717) is 23.7 Å². The first kappa shape index (κ1) is 17.5. The summed E-state index contributed by atoms with van der Waals surface area (Å²) in [5.41, 5.74) is 2.29. The van der Waals surface area contributed by atoms with Gasteiger partial charge in [0.2, 0.25) is 0 Å². The van der Waals surface area contributed by atoms with Gasteiger partial charge in [0.25, 0.3) is 11.8 Å². The first-order chi connectivity index (χ1) is 12.0. The zero-order valence-corrected chi connectivity index (χ0v) is 14.6. The predicted molar refractivity (Wildman–Crippen MR) is 97.1 cm³/mol. The number of carbonyl (C=O) groups is 2. The van der Waals surface area contributed by atoms with E-state index in [1.807, 2.05) is 31.2 Å². The summed E-state index contributed by atoms with van der Waals surface area (Å²) < 4.78 is 5.55. The molecule has 0 aromatic heterocycles. The van der Waals surface area contributed by atoms with Crippen LogP contribution < -0.4 is 10.2 Å². The monoisotopic (exact) mass is 358 g/mol. The molecule has 2 aromatic rings. The lowest BCUT2D eigenvalue weighted by molar-refractivity contribution is -0.129. The number of amides is 2. The van der Waals surface area contributed by atoms with Gasteiger partial charge in [0, 0.05) is 22.8 Å². The molecular weight excluding hydrogens is 340 g/mol. The molecule has 2 aromatic carbocycles. The normalized spacial score (nSPS) is 17.4. The summed E-state index contributed by atoms with van der Waals surface area (Å²) in [4.78, 5) is 26.1. The fourth-order valence-electron chi connectivity index (χ4n) is 2.77. The summed E-state index contributed by atoms with van der Waals surface area (Å²) in [6.07, 6.45) is -0.273. The van der Waals surface area contributed by atoms with E-state index in [-0.39, 0.29) is 24.5 Å². The molecule has 25 heavy (non-hydrogen) atoms. The van der Waals surface area contributed by atoms with Crippen molar-refractivity contribution in [2.45, 2.75) is 13.0 Å². The lowest BCUT2D eigenvalue weighted by Crippen LogP contribution is -2.50. The molecule has 0 bridgehead atoms. The van der Waals surface area contributed by atoms with Gasteiger partial charge in [-0.05, 0) is 36.8 Å². The Bertz CT molecular complexity index is 794. The lowest BCUT2D eigenvalue weighted by atomic mass is 10.1. The highest BCUT2D eigenvalue weighted by Gasteiger charge is 2.28. The molecule has 1 atom stereocenters. The van der Waals surface area contributed by atoms with Crippen molar-refractivity contribution in [3.8, 4) is 0 Å². The van der Waals surface area contributed by atoms with E-state index >= 15 is 0 Å². The minimum atomic E-state index is -0.273. The van der Waals surface area contributed by atoms with E-state index in [1.54, 1.807) is 29.2 Å². The minimum Gasteiger partial charge on any atom is -0.365 e. The highest BCUT2D eigenvalue weighted by atomic mass is 35.5. The number of benzene rings is 2. The number of nitrogens with zero attached hydrogens (tertiary/aromatic N) is 1. The third kappa shape index (κ3) is 4.18. The molecule has 1 aliphatic rings. The van der Waals surface area contributed by atoms with Gasteiger partial charge >= 0.3 is 0 Å². The lowest BCUT2D eigenvalue weighted by Gasteiger charge is -2.33.